The van der Waals surface area contributed by atoms with Gasteiger partial charge in [-0.2, -0.15) is 0 Å². The Hall–Kier alpha value is -1.56. The highest BCUT2D eigenvalue weighted by Gasteiger charge is 2.22. The van der Waals surface area contributed by atoms with Gasteiger partial charge in [-0.3, -0.25) is 9.78 Å². The van der Waals surface area contributed by atoms with Gasteiger partial charge in [0.15, 0.2) is 6.29 Å². The highest BCUT2D eigenvalue weighted by Crippen LogP contribution is 2.33. The minimum Gasteiger partial charge on any atom is -0.496 e. The van der Waals surface area contributed by atoms with E-state index >= 15 is 0 Å². The quantitative estimate of drug-likeness (QED) is 0.770. The van der Waals surface area contributed by atoms with Crippen molar-refractivity contribution in [1.82, 2.24) is 4.98 Å². The van der Waals surface area contributed by atoms with Crippen LogP contribution in [0.3, 0.4) is 0 Å². The summed E-state index contributed by atoms with van der Waals surface area (Å²) in [6, 6.07) is 0. The molecular weight excluding hydrogens is 206 g/mol. The number of aldehydes is 1. The minimum atomic E-state index is -2.82. The summed E-state index contributed by atoms with van der Waals surface area (Å²) < 4.78 is 30.1. The Bertz CT molecular complexity index is 369. The highest BCUT2D eigenvalue weighted by atomic mass is 19.3. The summed E-state index contributed by atoms with van der Waals surface area (Å²) in [6.07, 6.45) is -1.29. The van der Waals surface area contributed by atoms with Crippen molar-refractivity contribution >= 4 is 6.29 Å². The van der Waals surface area contributed by atoms with E-state index in [1.807, 2.05) is 0 Å². The Morgan fingerprint density at radius 3 is 2.73 bits per heavy atom. The Balaban J connectivity index is 3.44. The molecule has 0 fully saturated rings. The Labute approximate surface area is 85.1 Å². The fourth-order valence-corrected chi connectivity index (χ4v) is 1.26. The number of alkyl halides is 2. The van der Waals surface area contributed by atoms with Crippen molar-refractivity contribution in [3.8, 4) is 5.75 Å². The molecule has 82 valence electrons. The van der Waals surface area contributed by atoms with E-state index in [1.165, 1.54) is 13.3 Å². The summed E-state index contributed by atoms with van der Waals surface area (Å²) in [5, 5.41) is 0. The predicted octanol–water partition coefficient (Wildman–Crippen LogP) is 1.30. The van der Waals surface area contributed by atoms with Crippen molar-refractivity contribution < 1.29 is 18.3 Å². The fourth-order valence-electron chi connectivity index (χ4n) is 1.26. The van der Waals surface area contributed by atoms with Crippen LogP contribution < -0.4 is 10.5 Å². The molecule has 2 N–H and O–H groups in total. The maximum absolute atomic E-state index is 12.7. The molecule has 4 nitrogen and oxygen atoms in total. The van der Waals surface area contributed by atoms with Gasteiger partial charge in [0.25, 0.3) is 6.43 Å². The number of nitrogens with zero attached hydrogens (tertiary/aromatic N) is 1. The van der Waals surface area contributed by atoms with Crippen LogP contribution in [0.25, 0.3) is 0 Å². The second kappa shape index (κ2) is 4.79. The molecule has 1 rings (SSSR count). The largest absolute Gasteiger partial charge is 0.496 e. The first-order valence-corrected chi connectivity index (χ1v) is 4.14. The predicted molar refractivity (Wildman–Crippen MR) is 49.0 cm³/mol. The van der Waals surface area contributed by atoms with Crippen molar-refractivity contribution in [2.24, 2.45) is 5.73 Å². The number of ether oxygens (including phenoxy) is 1. The lowest BCUT2D eigenvalue weighted by molar-refractivity contribution is 0.109. The number of halogens is 2. The zero-order chi connectivity index (χ0) is 11.4. The van der Waals surface area contributed by atoms with Gasteiger partial charge in [0.2, 0.25) is 0 Å². The van der Waals surface area contributed by atoms with Gasteiger partial charge in [-0.25, -0.2) is 8.78 Å². The van der Waals surface area contributed by atoms with Crippen molar-refractivity contribution in [3.63, 3.8) is 0 Å². The zero-order valence-electron chi connectivity index (χ0n) is 8.04. The summed E-state index contributed by atoms with van der Waals surface area (Å²) in [5.41, 5.74) is 4.85. The summed E-state index contributed by atoms with van der Waals surface area (Å²) in [4.78, 5) is 14.1. The van der Waals surface area contributed by atoms with Crippen LogP contribution in [0.5, 0.6) is 5.75 Å². The molecule has 0 aliphatic carbocycles. The summed E-state index contributed by atoms with van der Waals surface area (Å²) >= 11 is 0. The number of aromatic nitrogens is 1. The molecule has 0 unspecified atom stereocenters. The number of hydrogen-bond donors (Lipinski definition) is 1. The van der Waals surface area contributed by atoms with Gasteiger partial charge in [-0.1, -0.05) is 0 Å². The van der Waals surface area contributed by atoms with Gasteiger partial charge in [-0.05, 0) is 0 Å². The van der Waals surface area contributed by atoms with Crippen LogP contribution >= 0.6 is 0 Å². The van der Waals surface area contributed by atoms with Gasteiger partial charge in [0.05, 0.1) is 12.7 Å². The average molecular weight is 216 g/mol. The molecule has 0 aromatic carbocycles. The Kier molecular flexibility index (Phi) is 3.68. The molecule has 0 atom stereocenters. The van der Waals surface area contributed by atoms with Crippen LogP contribution in [0, 0.1) is 0 Å². The molecule has 0 amide bonds. The van der Waals surface area contributed by atoms with E-state index in [1.54, 1.807) is 0 Å². The number of carbonyl (C=O) groups is 1. The maximum atomic E-state index is 12.7. The lowest BCUT2D eigenvalue weighted by atomic mass is 10.1. The van der Waals surface area contributed by atoms with Crippen LogP contribution in [-0.2, 0) is 6.54 Å². The molecule has 0 saturated carbocycles. The summed E-state index contributed by atoms with van der Waals surface area (Å²) in [7, 11) is 1.24. The zero-order valence-corrected chi connectivity index (χ0v) is 8.04. The van der Waals surface area contributed by atoms with Gasteiger partial charge in [-0.15, -0.1) is 0 Å². The molecule has 0 aliphatic heterocycles. The number of hydrogen-bond acceptors (Lipinski definition) is 4. The standard InChI is InChI=1S/C9H10F2N2O2/c1-15-8-5(2-12)3-13-6(4-14)7(8)9(10)11/h3-4,9H,2,12H2,1H3. The Morgan fingerprint density at radius 1 is 1.67 bits per heavy atom. The molecule has 0 spiro atoms. The van der Waals surface area contributed by atoms with E-state index in [-0.39, 0.29) is 24.3 Å². The molecule has 1 heterocycles. The van der Waals surface area contributed by atoms with Gasteiger partial charge in [0, 0.05) is 18.3 Å². The maximum Gasteiger partial charge on any atom is 0.269 e. The number of nitrogens with two attached hydrogens (primary N) is 1. The van der Waals surface area contributed by atoms with Crippen molar-refractivity contribution in [3.05, 3.63) is 23.0 Å². The van der Waals surface area contributed by atoms with Crippen molar-refractivity contribution in [2.45, 2.75) is 13.0 Å². The van der Waals surface area contributed by atoms with E-state index in [0.29, 0.717) is 5.56 Å². The van der Waals surface area contributed by atoms with E-state index in [0.717, 1.165) is 0 Å². The smallest absolute Gasteiger partial charge is 0.269 e. The lowest BCUT2D eigenvalue weighted by Crippen LogP contribution is -2.07. The molecule has 1 aromatic heterocycles. The van der Waals surface area contributed by atoms with E-state index < -0.39 is 12.0 Å². The van der Waals surface area contributed by atoms with Gasteiger partial charge in [0.1, 0.15) is 11.4 Å². The molecular formula is C9H10F2N2O2. The second-order valence-electron chi connectivity index (χ2n) is 2.74. The van der Waals surface area contributed by atoms with Crippen LogP contribution in [0.15, 0.2) is 6.20 Å². The van der Waals surface area contributed by atoms with Crippen LogP contribution in [-0.4, -0.2) is 18.4 Å². The summed E-state index contributed by atoms with van der Waals surface area (Å²) in [5.74, 6) is -0.0652. The van der Waals surface area contributed by atoms with E-state index in [2.05, 4.69) is 4.98 Å². The monoisotopic (exact) mass is 216 g/mol. The topological polar surface area (TPSA) is 65.2 Å². The number of methoxy groups -OCH3 is 1. The summed E-state index contributed by atoms with van der Waals surface area (Å²) in [6.45, 7) is 0.0228. The number of pyridine rings is 1. The van der Waals surface area contributed by atoms with Crippen LogP contribution in [0.2, 0.25) is 0 Å². The van der Waals surface area contributed by atoms with Gasteiger partial charge >= 0.3 is 0 Å². The second-order valence-corrected chi connectivity index (χ2v) is 2.74. The first-order valence-electron chi connectivity index (χ1n) is 4.14. The third kappa shape index (κ3) is 2.10. The number of carbonyl (C=O) groups excluding carboxylic acids is 1. The molecule has 6 heteroatoms. The van der Waals surface area contributed by atoms with Crippen molar-refractivity contribution in [1.29, 1.82) is 0 Å². The molecule has 15 heavy (non-hydrogen) atoms. The highest BCUT2D eigenvalue weighted by molar-refractivity contribution is 5.76. The number of rotatable bonds is 4. The lowest BCUT2D eigenvalue weighted by Gasteiger charge is -2.12. The normalized spacial score (nSPS) is 10.5. The first-order chi connectivity index (χ1) is 7.15. The Morgan fingerprint density at radius 2 is 2.33 bits per heavy atom. The SMILES string of the molecule is COc1c(CN)cnc(C=O)c1C(F)F. The molecule has 0 saturated heterocycles. The third-order valence-electron chi connectivity index (χ3n) is 1.93. The molecule has 0 radical (unpaired) electrons. The minimum absolute atomic E-state index is 0.0228. The fraction of sp³-hybridized carbons (Fsp3) is 0.333. The molecule has 0 bridgehead atoms. The van der Waals surface area contributed by atoms with Crippen LogP contribution in [0.1, 0.15) is 28.0 Å². The molecule has 0 aliphatic rings. The molecule has 1 aromatic rings. The van der Waals surface area contributed by atoms with E-state index in [4.69, 9.17) is 10.5 Å². The van der Waals surface area contributed by atoms with Crippen molar-refractivity contribution in [2.75, 3.05) is 7.11 Å². The van der Waals surface area contributed by atoms with Gasteiger partial charge < -0.3 is 10.5 Å². The first kappa shape index (κ1) is 11.5. The average Bonchev–Trinajstić information content (AvgIpc) is 2.26. The van der Waals surface area contributed by atoms with Crippen LogP contribution in [0.4, 0.5) is 8.78 Å². The van der Waals surface area contributed by atoms with E-state index in [9.17, 15) is 13.6 Å². The third-order valence-corrected chi connectivity index (χ3v) is 1.93.